The van der Waals surface area contributed by atoms with Gasteiger partial charge in [0.2, 0.25) is 0 Å². The number of rotatable bonds is 10. The molecule has 0 saturated carbocycles. The van der Waals surface area contributed by atoms with Crippen molar-refractivity contribution in [3.8, 4) is 0 Å². The van der Waals surface area contributed by atoms with E-state index in [4.69, 9.17) is 9.47 Å². The zero-order valence-corrected chi connectivity index (χ0v) is 15.0. The predicted octanol–water partition coefficient (Wildman–Crippen LogP) is 1.53. The number of methoxy groups -OCH3 is 1. The first-order chi connectivity index (χ1) is 11.0. The number of hydrogen-bond acceptors (Lipinski definition) is 5. The van der Waals surface area contributed by atoms with Crippen LogP contribution in [0.1, 0.15) is 40.0 Å². The van der Waals surface area contributed by atoms with Gasteiger partial charge in [-0.05, 0) is 38.9 Å². The van der Waals surface area contributed by atoms with Crippen LogP contribution in [0.4, 0.5) is 0 Å². The van der Waals surface area contributed by atoms with E-state index in [1.807, 2.05) is 0 Å². The van der Waals surface area contributed by atoms with Crippen LogP contribution in [-0.4, -0.2) is 74.2 Å². The molecule has 0 radical (unpaired) electrons. The highest BCUT2D eigenvalue weighted by molar-refractivity contribution is 5.82. The highest BCUT2D eigenvalue weighted by Gasteiger charge is 2.30. The van der Waals surface area contributed by atoms with Crippen molar-refractivity contribution in [2.75, 3.05) is 46.4 Å². The monoisotopic (exact) mass is 328 g/mol. The minimum absolute atomic E-state index is 0.0119. The molecule has 0 bridgehead atoms. The van der Waals surface area contributed by atoms with Gasteiger partial charge in [0, 0.05) is 19.7 Å². The summed E-state index contributed by atoms with van der Waals surface area (Å²) in [7, 11) is 1.38. The van der Waals surface area contributed by atoms with Crippen LogP contribution in [-0.2, 0) is 19.1 Å². The molecule has 6 heteroatoms. The number of nitrogens with zero attached hydrogens (tertiary/aromatic N) is 2. The SMILES string of the molecule is CCN(CC)CCCN(CC(C)C(=O)OC)C(=O)C1CCCO1. The molecular weight excluding hydrogens is 296 g/mol. The average Bonchev–Trinajstić information content (AvgIpc) is 3.10. The lowest BCUT2D eigenvalue weighted by molar-refractivity contribution is -0.148. The molecule has 1 heterocycles. The first kappa shape index (κ1) is 19.9. The summed E-state index contributed by atoms with van der Waals surface area (Å²) in [6, 6.07) is 0. The van der Waals surface area contributed by atoms with Crippen molar-refractivity contribution in [1.29, 1.82) is 0 Å². The van der Waals surface area contributed by atoms with Gasteiger partial charge in [-0.25, -0.2) is 0 Å². The highest BCUT2D eigenvalue weighted by atomic mass is 16.5. The second-order valence-electron chi connectivity index (χ2n) is 6.09. The van der Waals surface area contributed by atoms with Gasteiger partial charge < -0.3 is 19.3 Å². The summed E-state index contributed by atoms with van der Waals surface area (Å²) in [6.45, 7) is 10.7. The summed E-state index contributed by atoms with van der Waals surface area (Å²) in [5.74, 6) is -0.588. The van der Waals surface area contributed by atoms with Crippen molar-refractivity contribution in [3.05, 3.63) is 0 Å². The van der Waals surface area contributed by atoms with Gasteiger partial charge in [-0.15, -0.1) is 0 Å². The van der Waals surface area contributed by atoms with Gasteiger partial charge in [0.25, 0.3) is 5.91 Å². The molecule has 134 valence electrons. The van der Waals surface area contributed by atoms with E-state index in [-0.39, 0.29) is 23.9 Å². The minimum atomic E-state index is -0.340. The van der Waals surface area contributed by atoms with Crippen LogP contribution in [0.15, 0.2) is 0 Å². The van der Waals surface area contributed by atoms with Crippen molar-refractivity contribution in [2.24, 2.45) is 5.92 Å². The molecule has 1 aliphatic heterocycles. The van der Waals surface area contributed by atoms with Crippen molar-refractivity contribution in [1.82, 2.24) is 9.80 Å². The summed E-state index contributed by atoms with van der Waals surface area (Å²) in [4.78, 5) is 28.4. The predicted molar refractivity (Wildman–Crippen MR) is 89.1 cm³/mol. The molecule has 1 fully saturated rings. The van der Waals surface area contributed by atoms with Crippen LogP contribution < -0.4 is 0 Å². The first-order valence-electron chi connectivity index (χ1n) is 8.74. The van der Waals surface area contributed by atoms with E-state index in [2.05, 4.69) is 18.7 Å². The molecule has 6 nitrogen and oxygen atoms in total. The standard InChI is InChI=1S/C17H32N2O4/c1-5-18(6-2)10-8-11-19(13-14(3)17(21)22-4)16(20)15-9-7-12-23-15/h14-15H,5-13H2,1-4H3. The summed E-state index contributed by atoms with van der Waals surface area (Å²) in [5.41, 5.74) is 0. The fourth-order valence-electron chi connectivity index (χ4n) is 2.90. The summed E-state index contributed by atoms with van der Waals surface area (Å²) in [6.07, 6.45) is 2.26. The Kier molecular flexibility index (Phi) is 9.17. The van der Waals surface area contributed by atoms with E-state index in [1.54, 1.807) is 11.8 Å². The molecule has 0 aromatic carbocycles. The van der Waals surface area contributed by atoms with E-state index in [0.717, 1.165) is 38.9 Å². The molecule has 1 saturated heterocycles. The molecule has 1 rings (SSSR count). The number of hydrogen-bond donors (Lipinski definition) is 0. The second kappa shape index (κ2) is 10.6. The van der Waals surface area contributed by atoms with Crippen LogP contribution in [0.5, 0.6) is 0 Å². The number of carbonyl (C=O) groups is 2. The lowest BCUT2D eigenvalue weighted by Gasteiger charge is -2.28. The second-order valence-corrected chi connectivity index (χ2v) is 6.09. The molecule has 23 heavy (non-hydrogen) atoms. The Morgan fingerprint density at radius 1 is 1.26 bits per heavy atom. The van der Waals surface area contributed by atoms with Gasteiger partial charge in [-0.1, -0.05) is 20.8 Å². The molecule has 2 atom stereocenters. The third-order valence-electron chi connectivity index (χ3n) is 4.41. The van der Waals surface area contributed by atoms with Gasteiger partial charge in [-0.2, -0.15) is 0 Å². The number of carbonyl (C=O) groups excluding carboxylic acids is 2. The quantitative estimate of drug-likeness (QED) is 0.569. The Labute approximate surface area is 140 Å². The van der Waals surface area contributed by atoms with Crippen molar-refractivity contribution >= 4 is 11.9 Å². The van der Waals surface area contributed by atoms with Crippen molar-refractivity contribution < 1.29 is 19.1 Å². The average molecular weight is 328 g/mol. The first-order valence-corrected chi connectivity index (χ1v) is 8.74. The lowest BCUT2D eigenvalue weighted by Crippen LogP contribution is -2.44. The van der Waals surface area contributed by atoms with E-state index in [9.17, 15) is 9.59 Å². The van der Waals surface area contributed by atoms with Gasteiger partial charge in [0.05, 0.1) is 13.0 Å². The third-order valence-corrected chi connectivity index (χ3v) is 4.41. The topological polar surface area (TPSA) is 59.1 Å². The van der Waals surface area contributed by atoms with Crippen LogP contribution in [0, 0.1) is 5.92 Å². The number of ether oxygens (including phenoxy) is 2. The molecule has 0 aliphatic carbocycles. The van der Waals surface area contributed by atoms with Crippen molar-refractivity contribution in [2.45, 2.75) is 46.1 Å². The molecule has 1 amide bonds. The number of amides is 1. The summed E-state index contributed by atoms with van der Waals surface area (Å²) in [5, 5.41) is 0. The summed E-state index contributed by atoms with van der Waals surface area (Å²) < 4.78 is 10.3. The minimum Gasteiger partial charge on any atom is -0.469 e. The largest absolute Gasteiger partial charge is 0.469 e. The smallest absolute Gasteiger partial charge is 0.310 e. The Hall–Kier alpha value is -1.14. The normalized spacial score (nSPS) is 18.9. The number of esters is 1. The van der Waals surface area contributed by atoms with Crippen LogP contribution in [0.3, 0.4) is 0 Å². The van der Waals surface area contributed by atoms with E-state index >= 15 is 0 Å². The van der Waals surface area contributed by atoms with Gasteiger partial charge in [-0.3, -0.25) is 9.59 Å². The van der Waals surface area contributed by atoms with E-state index < -0.39 is 0 Å². The Morgan fingerprint density at radius 2 is 1.96 bits per heavy atom. The third kappa shape index (κ3) is 6.47. The zero-order valence-electron chi connectivity index (χ0n) is 15.0. The Balaban J connectivity index is 2.59. The lowest BCUT2D eigenvalue weighted by atomic mass is 10.1. The molecule has 1 aliphatic rings. The molecule has 0 aromatic rings. The van der Waals surface area contributed by atoms with Crippen LogP contribution >= 0.6 is 0 Å². The Morgan fingerprint density at radius 3 is 2.48 bits per heavy atom. The fraction of sp³-hybridized carbons (Fsp3) is 0.882. The zero-order chi connectivity index (χ0) is 17.2. The van der Waals surface area contributed by atoms with Gasteiger partial charge >= 0.3 is 5.97 Å². The van der Waals surface area contributed by atoms with E-state index in [1.165, 1.54) is 7.11 Å². The maximum absolute atomic E-state index is 12.6. The van der Waals surface area contributed by atoms with Gasteiger partial charge in [0.15, 0.2) is 0 Å². The Bertz CT molecular complexity index is 366. The molecule has 0 N–H and O–H groups in total. The van der Waals surface area contributed by atoms with Crippen LogP contribution in [0.25, 0.3) is 0 Å². The van der Waals surface area contributed by atoms with Gasteiger partial charge in [0.1, 0.15) is 6.10 Å². The fourth-order valence-corrected chi connectivity index (χ4v) is 2.90. The van der Waals surface area contributed by atoms with Crippen molar-refractivity contribution in [3.63, 3.8) is 0 Å². The molecular formula is C17H32N2O4. The van der Waals surface area contributed by atoms with E-state index in [0.29, 0.717) is 19.7 Å². The molecule has 2 unspecified atom stereocenters. The maximum atomic E-state index is 12.6. The highest BCUT2D eigenvalue weighted by Crippen LogP contribution is 2.16. The summed E-state index contributed by atoms with van der Waals surface area (Å²) >= 11 is 0. The van der Waals surface area contributed by atoms with Crippen LogP contribution in [0.2, 0.25) is 0 Å². The maximum Gasteiger partial charge on any atom is 0.310 e. The molecule has 0 aromatic heterocycles. The molecule has 0 spiro atoms.